The molecular formula is C14H11ClN4O2. The zero-order chi connectivity index (χ0) is 14.7. The highest BCUT2D eigenvalue weighted by atomic mass is 35.5. The summed E-state index contributed by atoms with van der Waals surface area (Å²) < 4.78 is 12.3. The molecule has 1 aromatic carbocycles. The van der Waals surface area contributed by atoms with Gasteiger partial charge in [-0.3, -0.25) is 0 Å². The second kappa shape index (κ2) is 5.80. The van der Waals surface area contributed by atoms with Crippen LogP contribution in [0.5, 0.6) is 5.75 Å². The van der Waals surface area contributed by atoms with E-state index in [4.69, 9.17) is 20.8 Å². The van der Waals surface area contributed by atoms with E-state index >= 15 is 0 Å². The molecule has 0 amide bonds. The lowest BCUT2D eigenvalue weighted by molar-refractivity contribution is 0.415. The number of methoxy groups -OCH3 is 1. The highest BCUT2D eigenvalue weighted by Gasteiger charge is 2.07. The molecule has 0 aliphatic rings. The normalized spacial score (nSPS) is 11.1. The van der Waals surface area contributed by atoms with Gasteiger partial charge in [0.2, 0.25) is 0 Å². The Bertz CT molecular complexity index is 765. The van der Waals surface area contributed by atoms with Crippen molar-refractivity contribution in [2.24, 2.45) is 5.10 Å². The number of hydrogen-bond acceptors (Lipinski definition) is 5. The Morgan fingerprint density at radius 3 is 2.76 bits per heavy atom. The van der Waals surface area contributed by atoms with Gasteiger partial charge in [0.1, 0.15) is 29.9 Å². The maximum atomic E-state index is 6.10. The first kappa shape index (κ1) is 13.4. The average Bonchev–Trinajstić information content (AvgIpc) is 3.16. The Kier molecular flexibility index (Phi) is 3.70. The van der Waals surface area contributed by atoms with Gasteiger partial charge in [-0.25, -0.2) is 4.68 Å². The Morgan fingerprint density at radius 1 is 1.24 bits per heavy atom. The standard InChI is InChI=1S/C14H11ClN4O2/c1-20-14-4-2-10(6-12(14)15)13-5-3-11(21-13)7-18-19-8-16-17-9-19/h2-9H,1H3/b18-7-. The van der Waals surface area contributed by atoms with Crippen LogP contribution in [0.2, 0.25) is 5.02 Å². The molecule has 3 aromatic rings. The quantitative estimate of drug-likeness (QED) is 0.695. The van der Waals surface area contributed by atoms with E-state index in [1.165, 1.54) is 17.3 Å². The van der Waals surface area contributed by atoms with Crippen molar-refractivity contribution in [1.82, 2.24) is 14.9 Å². The second-order valence-corrected chi connectivity index (χ2v) is 4.55. The average molecular weight is 303 g/mol. The van der Waals surface area contributed by atoms with Crippen molar-refractivity contribution in [2.45, 2.75) is 0 Å². The zero-order valence-corrected chi connectivity index (χ0v) is 11.9. The van der Waals surface area contributed by atoms with E-state index in [2.05, 4.69) is 15.3 Å². The van der Waals surface area contributed by atoms with E-state index in [0.29, 0.717) is 22.3 Å². The second-order valence-electron chi connectivity index (χ2n) is 4.14. The molecule has 0 fully saturated rings. The van der Waals surface area contributed by atoms with Gasteiger partial charge >= 0.3 is 0 Å². The summed E-state index contributed by atoms with van der Waals surface area (Å²) in [7, 11) is 1.58. The predicted molar refractivity (Wildman–Crippen MR) is 78.7 cm³/mol. The van der Waals surface area contributed by atoms with Gasteiger partial charge in [-0.15, -0.1) is 10.2 Å². The third-order valence-corrected chi connectivity index (χ3v) is 3.08. The van der Waals surface area contributed by atoms with Gasteiger partial charge in [0.25, 0.3) is 0 Å². The molecule has 0 aliphatic carbocycles. The van der Waals surface area contributed by atoms with Gasteiger partial charge in [-0.1, -0.05) is 11.6 Å². The van der Waals surface area contributed by atoms with Gasteiger partial charge in [0.05, 0.1) is 18.3 Å². The van der Waals surface area contributed by atoms with Crippen LogP contribution in [-0.2, 0) is 0 Å². The largest absolute Gasteiger partial charge is 0.495 e. The molecule has 0 unspecified atom stereocenters. The Hall–Kier alpha value is -2.60. The van der Waals surface area contributed by atoms with Gasteiger partial charge in [-0.05, 0) is 30.3 Å². The van der Waals surface area contributed by atoms with E-state index in [1.807, 2.05) is 18.2 Å². The van der Waals surface area contributed by atoms with Crippen LogP contribution in [0.1, 0.15) is 5.76 Å². The molecule has 0 saturated carbocycles. The minimum Gasteiger partial charge on any atom is -0.495 e. The summed E-state index contributed by atoms with van der Waals surface area (Å²) in [5.41, 5.74) is 0.866. The summed E-state index contributed by atoms with van der Waals surface area (Å²) in [5, 5.41) is 12.0. The molecule has 3 rings (SSSR count). The van der Waals surface area contributed by atoms with Crippen molar-refractivity contribution in [2.75, 3.05) is 7.11 Å². The Labute approximate surface area is 125 Å². The molecule has 0 spiro atoms. The minimum atomic E-state index is 0.533. The fourth-order valence-electron chi connectivity index (χ4n) is 1.78. The minimum absolute atomic E-state index is 0.533. The number of benzene rings is 1. The maximum absolute atomic E-state index is 6.10. The van der Waals surface area contributed by atoms with Crippen molar-refractivity contribution in [3.8, 4) is 17.1 Å². The third-order valence-electron chi connectivity index (χ3n) is 2.79. The number of rotatable bonds is 4. The number of furan rings is 1. The fourth-order valence-corrected chi connectivity index (χ4v) is 2.03. The summed E-state index contributed by atoms with van der Waals surface area (Å²) >= 11 is 6.10. The molecule has 6 nitrogen and oxygen atoms in total. The number of aromatic nitrogens is 3. The molecule has 21 heavy (non-hydrogen) atoms. The smallest absolute Gasteiger partial charge is 0.147 e. The monoisotopic (exact) mass is 302 g/mol. The summed E-state index contributed by atoms with van der Waals surface area (Å²) in [4.78, 5) is 0. The topological polar surface area (TPSA) is 65.4 Å². The highest BCUT2D eigenvalue weighted by Crippen LogP contribution is 2.30. The SMILES string of the molecule is COc1ccc(-c2ccc(/C=N\n3cnnc3)o2)cc1Cl. The number of halogens is 1. The molecule has 0 aliphatic heterocycles. The van der Waals surface area contributed by atoms with Gasteiger partial charge in [-0.2, -0.15) is 5.10 Å². The fraction of sp³-hybridized carbons (Fsp3) is 0.0714. The van der Waals surface area contributed by atoms with E-state index in [-0.39, 0.29) is 0 Å². The van der Waals surface area contributed by atoms with Crippen molar-refractivity contribution in [3.63, 3.8) is 0 Å². The summed E-state index contributed by atoms with van der Waals surface area (Å²) in [6.45, 7) is 0. The molecule has 0 N–H and O–H groups in total. The zero-order valence-electron chi connectivity index (χ0n) is 11.1. The maximum Gasteiger partial charge on any atom is 0.147 e. The third kappa shape index (κ3) is 2.95. The van der Waals surface area contributed by atoms with Gasteiger partial charge in [0.15, 0.2) is 0 Å². The van der Waals surface area contributed by atoms with E-state index in [0.717, 1.165) is 5.56 Å². The van der Waals surface area contributed by atoms with Crippen LogP contribution in [0.25, 0.3) is 11.3 Å². The van der Waals surface area contributed by atoms with Gasteiger partial charge < -0.3 is 9.15 Å². The molecular weight excluding hydrogens is 292 g/mol. The van der Waals surface area contributed by atoms with Gasteiger partial charge in [0, 0.05) is 5.56 Å². The molecule has 0 radical (unpaired) electrons. The lowest BCUT2D eigenvalue weighted by Crippen LogP contribution is -1.85. The molecule has 2 heterocycles. The molecule has 0 saturated heterocycles. The Morgan fingerprint density at radius 2 is 2.05 bits per heavy atom. The Balaban J connectivity index is 1.83. The van der Waals surface area contributed by atoms with Crippen LogP contribution in [-0.4, -0.2) is 28.2 Å². The van der Waals surface area contributed by atoms with E-state index < -0.39 is 0 Å². The van der Waals surface area contributed by atoms with Crippen molar-refractivity contribution in [1.29, 1.82) is 0 Å². The molecule has 7 heteroatoms. The number of ether oxygens (including phenoxy) is 1. The number of hydrogen-bond donors (Lipinski definition) is 0. The molecule has 0 bridgehead atoms. The van der Waals surface area contributed by atoms with Crippen LogP contribution in [0.15, 0.2) is 52.5 Å². The lowest BCUT2D eigenvalue weighted by atomic mass is 10.2. The van der Waals surface area contributed by atoms with Crippen LogP contribution in [0, 0.1) is 0 Å². The first-order valence-corrected chi connectivity index (χ1v) is 6.47. The first-order valence-electron chi connectivity index (χ1n) is 6.09. The number of nitrogens with zero attached hydrogens (tertiary/aromatic N) is 4. The van der Waals surface area contributed by atoms with Crippen molar-refractivity contribution >= 4 is 17.8 Å². The van der Waals surface area contributed by atoms with Crippen LogP contribution < -0.4 is 4.74 Å². The summed E-state index contributed by atoms with van der Waals surface area (Å²) in [6, 6.07) is 9.14. The summed E-state index contributed by atoms with van der Waals surface area (Å²) in [5.74, 6) is 1.94. The molecule has 0 atom stereocenters. The molecule has 2 aromatic heterocycles. The lowest BCUT2D eigenvalue weighted by Gasteiger charge is -2.03. The molecule has 106 valence electrons. The highest BCUT2D eigenvalue weighted by molar-refractivity contribution is 6.32. The van der Waals surface area contributed by atoms with Crippen LogP contribution in [0.3, 0.4) is 0 Å². The van der Waals surface area contributed by atoms with E-state index in [9.17, 15) is 0 Å². The predicted octanol–water partition coefficient (Wildman–Crippen LogP) is 3.08. The van der Waals surface area contributed by atoms with E-state index in [1.54, 1.807) is 25.5 Å². The van der Waals surface area contributed by atoms with Crippen molar-refractivity contribution < 1.29 is 9.15 Å². The van der Waals surface area contributed by atoms with Crippen molar-refractivity contribution in [3.05, 3.63) is 53.8 Å². The van der Waals surface area contributed by atoms with Crippen LogP contribution >= 0.6 is 11.6 Å². The first-order chi connectivity index (χ1) is 10.3. The van der Waals surface area contributed by atoms with Crippen LogP contribution in [0.4, 0.5) is 0 Å². The summed E-state index contributed by atoms with van der Waals surface area (Å²) in [6.07, 6.45) is 4.56.